The van der Waals surface area contributed by atoms with Crippen LogP contribution in [0.1, 0.15) is 12.0 Å². The molecule has 0 spiro atoms. The lowest BCUT2D eigenvalue weighted by atomic mass is 10.0. The number of aromatic nitrogens is 2. The number of benzene rings is 3. The molecule has 244 valence electrons. The summed E-state index contributed by atoms with van der Waals surface area (Å²) in [5.41, 5.74) is 4.18. The summed E-state index contributed by atoms with van der Waals surface area (Å²) in [6, 6.07) is 27.2. The highest BCUT2D eigenvalue weighted by Gasteiger charge is 2.29. The molecule has 2 aliphatic heterocycles. The molecule has 5 aromatic rings. The van der Waals surface area contributed by atoms with Gasteiger partial charge < -0.3 is 24.4 Å². The van der Waals surface area contributed by atoms with Crippen molar-refractivity contribution in [2.45, 2.75) is 17.4 Å². The van der Waals surface area contributed by atoms with Crippen LogP contribution in [0.5, 0.6) is 5.75 Å². The Hall–Kier alpha value is -5.22. The number of pyridine rings is 1. The van der Waals surface area contributed by atoms with Crippen molar-refractivity contribution >= 4 is 32.7 Å². The first-order chi connectivity index (χ1) is 23.4. The number of nitriles is 1. The minimum Gasteiger partial charge on any atom is -0.487 e. The van der Waals surface area contributed by atoms with Crippen molar-refractivity contribution in [3.63, 3.8) is 0 Å². The van der Waals surface area contributed by atoms with Gasteiger partial charge in [0.05, 0.1) is 35.9 Å². The fourth-order valence-corrected chi connectivity index (χ4v) is 7.85. The van der Waals surface area contributed by atoms with Crippen LogP contribution in [0.2, 0.25) is 0 Å². The number of hydrogen-bond acceptors (Lipinski definition) is 9. The van der Waals surface area contributed by atoms with Gasteiger partial charge in [0, 0.05) is 43.3 Å². The van der Waals surface area contributed by atoms with Gasteiger partial charge in [-0.1, -0.05) is 36.4 Å². The van der Waals surface area contributed by atoms with E-state index in [1.165, 1.54) is 3.97 Å². The van der Waals surface area contributed by atoms with Gasteiger partial charge in [0.15, 0.2) is 5.65 Å². The second-order valence-electron chi connectivity index (χ2n) is 11.7. The molecule has 48 heavy (non-hydrogen) atoms. The van der Waals surface area contributed by atoms with Crippen molar-refractivity contribution in [2.75, 3.05) is 50.9 Å². The Balaban J connectivity index is 1.30. The first kappa shape index (κ1) is 31.4. The van der Waals surface area contributed by atoms with Crippen LogP contribution in [0.3, 0.4) is 0 Å². The summed E-state index contributed by atoms with van der Waals surface area (Å²) in [7, 11) is -4.06. The second kappa shape index (κ2) is 13.1. The van der Waals surface area contributed by atoms with E-state index in [0.29, 0.717) is 71.8 Å². The quantitative estimate of drug-likeness (QED) is 0.258. The Morgan fingerprint density at radius 2 is 1.73 bits per heavy atom. The number of anilines is 1. The molecule has 0 unspecified atom stereocenters. The lowest BCUT2D eigenvalue weighted by Gasteiger charge is -2.28. The monoisotopic (exact) mass is 663 g/mol. The first-order valence-corrected chi connectivity index (χ1v) is 17.2. The van der Waals surface area contributed by atoms with Gasteiger partial charge in [0.2, 0.25) is 5.91 Å². The summed E-state index contributed by atoms with van der Waals surface area (Å²) < 4.78 is 41.4. The summed E-state index contributed by atoms with van der Waals surface area (Å²) in [5, 5.41) is 19.9. The summed E-state index contributed by atoms with van der Waals surface area (Å²) in [4.78, 5) is 20.4. The lowest BCUT2D eigenvalue weighted by Crippen LogP contribution is -2.36. The third-order valence-corrected chi connectivity index (χ3v) is 10.5. The van der Waals surface area contributed by atoms with Crippen LogP contribution in [0.25, 0.3) is 33.4 Å². The van der Waals surface area contributed by atoms with E-state index < -0.39 is 16.6 Å². The summed E-state index contributed by atoms with van der Waals surface area (Å²) in [6.07, 6.45) is 1.85. The molecule has 12 heteroatoms. The van der Waals surface area contributed by atoms with Gasteiger partial charge in [-0.25, -0.2) is 17.4 Å². The van der Waals surface area contributed by atoms with E-state index in [4.69, 9.17) is 9.47 Å². The van der Waals surface area contributed by atoms with Crippen LogP contribution in [-0.2, 0) is 19.6 Å². The Morgan fingerprint density at radius 1 is 0.979 bits per heavy atom. The van der Waals surface area contributed by atoms with Crippen LogP contribution in [-0.4, -0.2) is 85.4 Å². The smallest absolute Gasteiger partial charge is 0.269 e. The Morgan fingerprint density at radius 3 is 2.46 bits per heavy atom. The second-order valence-corrected chi connectivity index (χ2v) is 13.5. The highest BCUT2D eigenvalue weighted by Crippen LogP contribution is 2.38. The molecule has 4 heterocycles. The van der Waals surface area contributed by atoms with Gasteiger partial charge in [0.1, 0.15) is 24.5 Å². The maximum Gasteiger partial charge on any atom is 0.269 e. The van der Waals surface area contributed by atoms with Crippen LogP contribution in [0.4, 0.5) is 5.69 Å². The molecule has 3 aromatic carbocycles. The van der Waals surface area contributed by atoms with Gasteiger partial charge in [-0.15, -0.1) is 0 Å². The topological polar surface area (TPSA) is 138 Å². The molecular formula is C36H33N5O6S. The van der Waals surface area contributed by atoms with Gasteiger partial charge in [0.25, 0.3) is 10.0 Å². The molecule has 0 bridgehead atoms. The largest absolute Gasteiger partial charge is 0.487 e. The zero-order chi connectivity index (χ0) is 33.3. The molecule has 7 rings (SSSR count). The van der Waals surface area contributed by atoms with Crippen LogP contribution < -0.4 is 9.64 Å². The maximum absolute atomic E-state index is 14.3. The molecule has 2 aromatic heterocycles. The van der Waals surface area contributed by atoms with E-state index in [0.717, 1.165) is 18.8 Å². The summed E-state index contributed by atoms with van der Waals surface area (Å²) >= 11 is 0. The van der Waals surface area contributed by atoms with Crippen molar-refractivity contribution in [1.29, 1.82) is 5.26 Å². The molecule has 0 saturated carbocycles. The van der Waals surface area contributed by atoms with E-state index in [2.05, 4.69) is 16.0 Å². The van der Waals surface area contributed by atoms with E-state index in [1.54, 1.807) is 59.6 Å². The summed E-state index contributed by atoms with van der Waals surface area (Å²) in [6.45, 7) is 3.13. The number of aliphatic hydroxyl groups is 1. The molecule has 1 atom stereocenters. The third-order valence-electron chi connectivity index (χ3n) is 8.82. The normalized spacial score (nSPS) is 16.6. The minimum atomic E-state index is -4.06. The number of amides is 1. The zero-order valence-corrected chi connectivity index (χ0v) is 26.8. The molecule has 1 amide bonds. The molecule has 0 aliphatic carbocycles. The van der Waals surface area contributed by atoms with Crippen molar-refractivity contribution in [3.8, 4) is 34.2 Å². The number of hydrogen-bond donors (Lipinski definition) is 1. The Labute approximate surface area is 278 Å². The Kier molecular flexibility index (Phi) is 8.58. The molecule has 1 N–H and O–H groups in total. The van der Waals surface area contributed by atoms with E-state index in [1.807, 2.05) is 36.4 Å². The number of carbonyl (C=O) groups is 1. The van der Waals surface area contributed by atoms with Gasteiger partial charge in [-0.2, -0.15) is 5.26 Å². The predicted molar refractivity (Wildman–Crippen MR) is 180 cm³/mol. The number of carbonyl (C=O) groups excluding carboxylic acids is 1. The Bertz CT molecular complexity index is 2120. The molecule has 2 saturated heterocycles. The van der Waals surface area contributed by atoms with E-state index in [9.17, 15) is 23.6 Å². The van der Waals surface area contributed by atoms with Crippen molar-refractivity contribution in [2.24, 2.45) is 0 Å². The van der Waals surface area contributed by atoms with Gasteiger partial charge in [-0.3, -0.25) is 4.79 Å². The van der Waals surface area contributed by atoms with Crippen LogP contribution >= 0.6 is 0 Å². The summed E-state index contributed by atoms with van der Waals surface area (Å²) in [5.74, 6) is 0.0346. The number of ether oxygens (including phenoxy) is 2. The average molecular weight is 664 g/mol. The number of aliphatic hydroxyl groups excluding tert-OH is 1. The van der Waals surface area contributed by atoms with E-state index in [-0.39, 0.29) is 22.6 Å². The van der Waals surface area contributed by atoms with Gasteiger partial charge in [-0.05, 0) is 65.2 Å². The number of morpholine rings is 1. The van der Waals surface area contributed by atoms with E-state index >= 15 is 0 Å². The molecular weight excluding hydrogens is 630 g/mol. The van der Waals surface area contributed by atoms with Crippen molar-refractivity contribution in [1.82, 2.24) is 13.9 Å². The van der Waals surface area contributed by atoms with Crippen LogP contribution in [0.15, 0.2) is 96.0 Å². The number of fused-ring (bicyclic) bond motifs is 1. The number of nitrogens with zero attached hydrogens (tertiary/aromatic N) is 5. The minimum absolute atomic E-state index is 0.139. The molecule has 11 nitrogen and oxygen atoms in total. The lowest BCUT2D eigenvalue weighted by molar-refractivity contribution is -0.133. The number of likely N-dealkylation sites (tertiary alicyclic amines) is 1. The maximum atomic E-state index is 14.3. The fourth-order valence-electron chi connectivity index (χ4n) is 6.35. The van der Waals surface area contributed by atoms with Crippen molar-refractivity contribution < 1.29 is 27.8 Å². The highest BCUT2D eigenvalue weighted by molar-refractivity contribution is 7.90. The standard InChI is InChI=1S/C36H33N5O6S/c37-22-27-20-26(8-11-34(27)47-29-13-15-40(23-29)35(43)24-42)31-12-14-38-36-32(31)21-33(41(36)48(44,45)30-4-2-1-3-5-30)25-6-9-28(10-7-25)39-16-18-46-19-17-39/h1-12,14,20-21,29,42H,13,15-19,23-24H2/t29-/m1/s1. The molecule has 2 aliphatic rings. The molecule has 2 fully saturated rings. The highest BCUT2D eigenvalue weighted by atomic mass is 32.2. The van der Waals surface area contributed by atoms with Crippen molar-refractivity contribution in [3.05, 3.63) is 96.7 Å². The SMILES string of the molecule is N#Cc1cc(-c2ccnc3c2cc(-c2ccc(N4CCOCC4)cc2)n3S(=O)(=O)c2ccccc2)ccc1O[C@@H]1CCN(C(=O)CO)C1. The average Bonchev–Trinajstić information content (AvgIpc) is 3.78. The molecule has 0 radical (unpaired) electrons. The third kappa shape index (κ3) is 5.88. The fraction of sp³-hybridized carbons (Fsp3) is 0.250. The van der Waals surface area contributed by atoms with Crippen LogP contribution in [0, 0.1) is 11.3 Å². The first-order valence-electron chi connectivity index (χ1n) is 15.7. The van der Waals surface area contributed by atoms with Gasteiger partial charge >= 0.3 is 0 Å². The zero-order valence-electron chi connectivity index (χ0n) is 26.0. The predicted octanol–water partition coefficient (Wildman–Crippen LogP) is 4.29. The number of rotatable bonds is 8.